The molecule has 2 N–H and O–H groups in total. The van der Waals surface area contributed by atoms with E-state index in [1.54, 1.807) is 18.2 Å². The normalized spacial score (nSPS) is 21.1. The van der Waals surface area contributed by atoms with Gasteiger partial charge >= 0.3 is 5.97 Å². The van der Waals surface area contributed by atoms with Crippen molar-refractivity contribution in [2.75, 3.05) is 13.1 Å². The van der Waals surface area contributed by atoms with E-state index in [0.29, 0.717) is 19.5 Å². The predicted octanol–water partition coefficient (Wildman–Crippen LogP) is 1.30. The largest absolute Gasteiger partial charge is 0.508 e. The van der Waals surface area contributed by atoms with Crippen LogP contribution in [0.15, 0.2) is 24.3 Å². The molecule has 16 heavy (non-hydrogen) atoms. The Morgan fingerprint density at radius 3 is 2.94 bits per heavy atom. The number of phenols is 1. The highest BCUT2D eigenvalue weighted by Crippen LogP contribution is 2.20. The van der Waals surface area contributed by atoms with E-state index >= 15 is 0 Å². The molecule has 1 atom stereocenters. The summed E-state index contributed by atoms with van der Waals surface area (Å²) in [5.41, 5.74) is 1.02. The van der Waals surface area contributed by atoms with Crippen LogP contribution in [-0.2, 0) is 11.3 Å². The zero-order valence-electron chi connectivity index (χ0n) is 8.97. The standard InChI is InChI=1S/C12H15NO3/c14-11-3-1-2-9(6-11)7-13-5-4-10(8-13)12(15)16/h1-3,6,10,14H,4-5,7-8H2,(H,15,16)/t10-/m0/s1. The number of carbonyl (C=O) groups is 1. The Balaban J connectivity index is 1.94. The number of benzene rings is 1. The zero-order chi connectivity index (χ0) is 11.5. The van der Waals surface area contributed by atoms with Crippen LogP contribution in [0.1, 0.15) is 12.0 Å². The molecule has 86 valence electrons. The van der Waals surface area contributed by atoms with Crippen LogP contribution in [0.25, 0.3) is 0 Å². The van der Waals surface area contributed by atoms with Gasteiger partial charge in [-0.25, -0.2) is 0 Å². The first-order valence-electron chi connectivity index (χ1n) is 5.38. The van der Waals surface area contributed by atoms with E-state index in [0.717, 1.165) is 12.1 Å². The Morgan fingerprint density at radius 1 is 1.50 bits per heavy atom. The molecule has 1 heterocycles. The predicted molar refractivity (Wildman–Crippen MR) is 59.1 cm³/mol. The molecule has 0 aliphatic carbocycles. The summed E-state index contributed by atoms with van der Waals surface area (Å²) < 4.78 is 0. The Kier molecular flexibility index (Phi) is 3.10. The van der Waals surface area contributed by atoms with Gasteiger partial charge in [0.1, 0.15) is 5.75 Å². The van der Waals surface area contributed by atoms with Crippen LogP contribution in [0.5, 0.6) is 5.75 Å². The summed E-state index contributed by atoms with van der Waals surface area (Å²) in [5.74, 6) is -0.692. The van der Waals surface area contributed by atoms with Crippen molar-refractivity contribution < 1.29 is 15.0 Å². The molecule has 0 amide bonds. The summed E-state index contributed by atoms with van der Waals surface area (Å²) in [6.07, 6.45) is 0.716. The molecule has 0 bridgehead atoms. The molecular formula is C12H15NO3. The fourth-order valence-corrected chi connectivity index (χ4v) is 2.09. The Morgan fingerprint density at radius 2 is 2.31 bits per heavy atom. The molecule has 1 aliphatic rings. The number of aliphatic carboxylic acids is 1. The number of phenolic OH excluding ortho intramolecular Hbond substituents is 1. The van der Waals surface area contributed by atoms with Gasteiger partial charge < -0.3 is 10.2 Å². The maximum Gasteiger partial charge on any atom is 0.307 e. The van der Waals surface area contributed by atoms with Crippen LogP contribution in [-0.4, -0.2) is 34.2 Å². The third kappa shape index (κ3) is 2.52. The third-order valence-electron chi connectivity index (χ3n) is 2.94. The van der Waals surface area contributed by atoms with E-state index in [2.05, 4.69) is 4.90 Å². The number of nitrogens with zero attached hydrogens (tertiary/aromatic N) is 1. The first-order valence-corrected chi connectivity index (χ1v) is 5.38. The third-order valence-corrected chi connectivity index (χ3v) is 2.94. The molecule has 0 unspecified atom stereocenters. The van der Waals surface area contributed by atoms with Gasteiger partial charge in [-0.05, 0) is 30.7 Å². The summed E-state index contributed by atoms with van der Waals surface area (Å²) in [4.78, 5) is 12.9. The number of likely N-dealkylation sites (tertiary alicyclic amines) is 1. The maximum atomic E-state index is 10.8. The minimum Gasteiger partial charge on any atom is -0.508 e. The van der Waals surface area contributed by atoms with Gasteiger partial charge in [0.25, 0.3) is 0 Å². The quantitative estimate of drug-likeness (QED) is 0.807. The van der Waals surface area contributed by atoms with Crippen molar-refractivity contribution >= 4 is 5.97 Å². The van der Waals surface area contributed by atoms with E-state index < -0.39 is 5.97 Å². The van der Waals surface area contributed by atoms with Gasteiger partial charge in [0, 0.05) is 13.1 Å². The highest BCUT2D eigenvalue weighted by atomic mass is 16.4. The van der Waals surface area contributed by atoms with Crippen molar-refractivity contribution in [1.82, 2.24) is 4.90 Å². The SMILES string of the molecule is O=C(O)[C@H]1CCN(Cc2cccc(O)c2)C1. The van der Waals surface area contributed by atoms with Gasteiger partial charge in [-0.1, -0.05) is 12.1 Å². The number of rotatable bonds is 3. The fourth-order valence-electron chi connectivity index (χ4n) is 2.09. The van der Waals surface area contributed by atoms with Crippen LogP contribution in [0, 0.1) is 5.92 Å². The second kappa shape index (κ2) is 4.53. The van der Waals surface area contributed by atoms with Crippen molar-refractivity contribution in [2.24, 2.45) is 5.92 Å². The average molecular weight is 221 g/mol. The zero-order valence-corrected chi connectivity index (χ0v) is 8.97. The lowest BCUT2D eigenvalue weighted by molar-refractivity contribution is -0.141. The highest BCUT2D eigenvalue weighted by molar-refractivity contribution is 5.70. The molecule has 0 saturated carbocycles. The highest BCUT2D eigenvalue weighted by Gasteiger charge is 2.27. The van der Waals surface area contributed by atoms with Gasteiger partial charge in [0.15, 0.2) is 0 Å². The first kappa shape index (κ1) is 11.0. The molecule has 1 aromatic carbocycles. The van der Waals surface area contributed by atoms with E-state index in [4.69, 9.17) is 5.11 Å². The van der Waals surface area contributed by atoms with Crippen molar-refractivity contribution in [1.29, 1.82) is 0 Å². The molecule has 1 aromatic rings. The van der Waals surface area contributed by atoms with E-state index in [1.807, 2.05) is 6.07 Å². The van der Waals surface area contributed by atoms with E-state index in [1.165, 1.54) is 0 Å². The number of carboxylic acid groups (broad SMARTS) is 1. The average Bonchev–Trinajstić information content (AvgIpc) is 2.66. The molecule has 0 radical (unpaired) electrons. The van der Waals surface area contributed by atoms with E-state index in [9.17, 15) is 9.90 Å². The van der Waals surface area contributed by atoms with Gasteiger partial charge in [-0.2, -0.15) is 0 Å². The summed E-state index contributed by atoms with van der Waals surface area (Å²) in [6, 6.07) is 7.09. The maximum absolute atomic E-state index is 10.8. The van der Waals surface area contributed by atoms with Crippen LogP contribution >= 0.6 is 0 Å². The monoisotopic (exact) mass is 221 g/mol. The molecule has 1 aliphatic heterocycles. The topological polar surface area (TPSA) is 60.8 Å². The van der Waals surface area contributed by atoms with Gasteiger partial charge in [0.05, 0.1) is 5.92 Å². The smallest absolute Gasteiger partial charge is 0.307 e. The Hall–Kier alpha value is -1.55. The lowest BCUT2D eigenvalue weighted by Gasteiger charge is -2.15. The van der Waals surface area contributed by atoms with Crippen molar-refractivity contribution in [3.63, 3.8) is 0 Å². The second-order valence-corrected chi connectivity index (χ2v) is 4.23. The van der Waals surface area contributed by atoms with Crippen molar-refractivity contribution in [3.05, 3.63) is 29.8 Å². The first-order chi connectivity index (χ1) is 7.65. The van der Waals surface area contributed by atoms with E-state index in [-0.39, 0.29) is 11.7 Å². The van der Waals surface area contributed by atoms with Gasteiger partial charge in [-0.15, -0.1) is 0 Å². The number of hydrogen-bond acceptors (Lipinski definition) is 3. The van der Waals surface area contributed by atoms with Gasteiger partial charge in [-0.3, -0.25) is 9.69 Å². The number of carboxylic acids is 1. The van der Waals surface area contributed by atoms with Crippen molar-refractivity contribution in [2.45, 2.75) is 13.0 Å². The van der Waals surface area contributed by atoms with Crippen molar-refractivity contribution in [3.8, 4) is 5.75 Å². The minimum atomic E-state index is -0.710. The number of aromatic hydroxyl groups is 1. The van der Waals surface area contributed by atoms with Crippen LogP contribution < -0.4 is 0 Å². The summed E-state index contributed by atoms with van der Waals surface area (Å²) in [6.45, 7) is 2.12. The molecule has 4 heteroatoms. The second-order valence-electron chi connectivity index (χ2n) is 4.23. The molecule has 1 saturated heterocycles. The number of hydrogen-bond donors (Lipinski definition) is 2. The molecule has 2 rings (SSSR count). The van der Waals surface area contributed by atoms with Gasteiger partial charge in [0.2, 0.25) is 0 Å². The minimum absolute atomic E-state index is 0.239. The Bertz CT molecular complexity index is 392. The molecule has 4 nitrogen and oxygen atoms in total. The van der Waals surface area contributed by atoms with Crippen LogP contribution in [0.3, 0.4) is 0 Å². The molecule has 1 fully saturated rings. The summed E-state index contributed by atoms with van der Waals surface area (Å²) >= 11 is 0. The Labute approximate surface area is 94.1 Å². The lowest BCUT2D eigenvalue weighted by Crippen LogP contribution is -2.22. The summed E-state index contributed by atoms with van der Waals surface area (Å²) in [7, 11) is 0. The molecule has 0 aromatic heterocycles. The van der Waals surface area contributed by atoms with Crippen LogP contribution in [0.4, 0.5) is 0 Å². The molecular weight excluding hydrogens is 206 g/mol. The lowest BCUT2D eigenvalue weighted by atomic mass is 10.1. The molecule has 0 spiro atoms. The van der Waals surface area contributed by atoms with Crippen LogP contribution in [0.2, 0.25) is 0 Å². The summed E-state index contributed by atoms with van der Waals surface area (Å²) in [5, 5.41) is 18.2. The fraction of sp³-hybridized carbons (Fsp3) is 0.417.